The van der Waals surface area contributed by atoms with E-state index in [9.17, 15) is 24.5 Å². The third kappa shape index (κ3) is 6.90. The van der Waals surface area contributed by atoms with E-state index >= 15 is 0 Å². The number of carbonyl (C=O) groups is 3. The number of furan rings is 1. The van der Waals surface area contributed by atoms with E-state index < -0.39 is 35.5 Å². The van der Waals surface area contributed by atoms with E-state index in [0.717, 1.165) is 0 Å². The SMILES string of the molecule is COC(=O)C1=C(C)NC(=O)N[C@@H]1c1ccc(OCC(=O)N/N=C\c2ccc(-c3ccc(OC)cc3[N+](=O)[O-])o2)c(OC)c1. The number of nitrogens with one attached hydrogen (secondary N) is 3. The molecule has 0 spiro atoms. The summed E-state index contributed by atoms with van der Waals surface area (Å²) < 4.78 is 26.5. The number of amides is 3. The molecule has 3 amide bonds. The Morgan fingerprint density at radius 1 is 1.09 bits per heavy atom. The molecule has 0 fully saturated rings. The Morgan fingerprint density at radius 3 is 2.58 bits per heavy atom. The molecule has 0 saturated heterocycles. The first-order chi connectivity index (χ1) is 20.6. The first kappa shape index (κ1) is 30.1. The molecule has 1 atom stereocenters. The molecule has 0 aliphatic carbocycles. The molecule has 0 bridgehead atoms. The van der Waals surface area contributed by atoms with Gasteiger partial charge < -0.3 is 34.0 Å². The number of allylic oxidation sites excluding steroid dienone is 1. The van der Waals surface area contributed by atoms with Gasteiger partial charge in [-0.05, 0) is 48.9 Å². The zero-order chi connectivity index (χ0) is 31.1. The number of carbonyl (C=O) groups excluding carboxylic acids is 3. The Balaban J connectivity index is 1.39. The van der Waals surface area contributed by atoms with Crippen molar-refractivity contribution in [1.82, 2.24) is 16.1 Å². The molecule has 3 N–H and O–H groups in total. The van der Waals surface area contributed by atoms with Crippen LogP contribution < -0.4 is 30.3 Å². The minimum absolute atomic E-state index is 0.193. The molecule has 15 nitrogen and oxygen atoms in total. The molecule has 1 aromatic heterocycles. The number of benzene rings is 2. The first-order valence-corrected chi connectivity index (χ1v) is 12.6. The van der Waals surface area contributed by atoms with Crippen molar-refractivity contribution in [1.29, 1.82) is 0 Å². The molecule has 15 heteroatoms. The Labute approximate surface area is 244 Å². The molecule has 1 aliphatic heterocycles. The minimum Gasteiger partial charge on any atom is -0.497 e. The lowest BCUT2D eigenvalue weighted by Crippen LogP contribution is -2.45. The lowest BCUT2D eigenvalue weighted by atomic mass is 9.95. The lowest BCUT2D eigenvalue weighted by Gasteiger charge is -2.28. The van der Waals surface area contributed by atoms with Gasteiger partial charge in [-0.25, -0.2) is 15.0 Å². The van der Waals surface area contributed by atoms with Crippen molar-refractivity contribution in [3.63, 3.8) is 0 Å². The Hall–Kier alpha value is -5.86. The number of nitro groups is 1. The second kappa shape index (κ2) is 13.2. The summed E-state index contributed by atoms with van der Waals surface area (Å²) in [5.41, 5.74) is 3.45. The number of nitrogens with zero attached hydrogens (tertiary/aromatic N) is 2. The first-order valence-electron chi connectivity index (χ1n) is 12.6. The van der Waals surface area contributed by atoms with Crippen molar-refractivity contribution in [3.05, 3.63) is 81.2 Å². The molecule has 2 heterocycles. The highest BCUT2D eigenvalue weighted by Gasteiger charge is 2.32. The summed E-state index contributed by atoms with van der Waals surface area (Å²) >= 11 is 0. The van der Waals surface area contributed by atoms with Crippen molar-refractivity contribution in [2.24, 2.45) is 5.10 Å². The zero-order valence-corrected chi connectivity index (χ0v) is 23.5. The second-order valence-corrected chi connectivity index (χ2v) is 8.90. The van der Waals surface area contributed by atoms with Crippen LogP contribution in [0.5, 0.6) is 17.2 Å². The molecule has 0 radical (unpaired) electrons. The van der Waals surface area contributed by atoms with Gasteiger partial charge in [0.2, 0.25) is 0 Å². The number of ether oxygens (including phenoxy) is 4. The van der Waals surface area contributed by atoms with Gasteiger partial charge in [-0.15, -0.1) is 0 Å². The summed E-state index contributed by atoms with van der Waals surface area (Å²) in [7, 11) is 4.05. The highest BCUT2D eigenvalue weighted by molar-refractivity contribution is 5.95. The number of hydrazone groups is 1. The predicted molar refractivity (Wildman–Crippen MR) is 151 cm³/mol. The number of rotatable bonds is 11. The van der Waals surface area contributed by atoms with E-state index in [2.05, 4.69) is 21.2 Å². The fourth-order valence-electron chi connectivity index (χ4n) is 4.22. The maximum absolute atomic E-state index is 12.4. The predicted octanol–water partition coefficient (Wildman–Crippen LogP) is 3.20. The van der Waals surface area contributed by atoms with Crippen molar-refractivity contribution < 1.29 is 42.7 Å². The second-order valence-electron chi connectivity index (χ2n) is 8.90. The molecule has 0 saturated carbocycles. The van der Waals surface area contributed by atoms with Crippen LogP contribution in [-0.4, -0.2) is 57.0 Å². The molecule has 43 heavy (non-hydrogen) atoms. The van der Waals surface area contributed by atoms with Crippen LogP contribution in [0.1, 0.15) is 24.3 Å². The van der Waals surface area contributed by atoms with Gasteiger partial charge in [0.15, 0.2) is 18.1 Å². The molecule has 2 aromatic carbocycles. The van der Waals surface area contributed by atoms with Crippen LogP contribution in [0.15, 0.2) is 69.3 Å². The van der Waals surface area contributed by atoms with Crippen molar-refractivity contribution in [2.75, 3.05) is 27.9 Å². The maximum atomic E-state index is 12.4. The largest absolute Gasteiger partial charge is 0.497 e. The van der Waals surface area contributed by atoms with Crippen LogP contribution >= 0.6 is 0 Å². The lowest BCUT2D eigenvalue weighted by molar-refractivity contribution is -0.384. The highest BCUT2D eigenvalue weighted by Crippen LogP contribution is 2.35. The topological polar surface area (TPSA) is 193 Å². The molecule has 0 unspecified atom stereocenters. The van der Waals surface area contributed by atoms with E-state index in [-0.39, 0.29) is 39.8 Å². The van der Waals surface area contributed by atoms with Crippen LogP contribution in [0.4, 0.5) is 10.5 Å². The van der Waals surface area contributed by atoms with Gasteiger partial charge >= 0.3 is 12.0 Å². The molecule has 224 valence electrons. The van der Waals surface area contributed by atoms with Crippen LogP contribution in [0, 0.1) is 10.1 Å². The van der Waals surface area contributed by atoms with Crippen LogP contribution in [0.3, 0.4) is 0 Å². The van der Waals surface area contributed by atoms with E-state index in [1.165, 1.54) is 57.9 Å². The van der Waals surface area contributed by atoms with Crippen molar-refractivity contribution >= 4 is 29.8 Å². The minimum atomic E-state index is -0.806. The van der Waals surface area contributed by atoms with Gasteiger partial charge in [0.25, 0.3) is 11.6 Å². The third-order valence-electron chi connectivity index (χ3n) is 6.23. The standard InChI is InChI=1S/C28H27N5O10/c1-15-25(27(35)41-4)26(31-28(36)30-15)16-5-9-22(23(11-16)40-3)42-14-24(34)32-29-13-18-7-10-21(43-18)19-8-6-17(39-2)12-20(19)33(37)38/h5-13,26H,14H2,1-4H3,(H,32,34)(H2,30,31,36)/b29-13-/t26-/m1/s1. The van der Waals surface area contributed by atoms with Crippen LogP contribution in [0.25, 0.3) is 11.3 Å². The van der Waals surface area contributed by atoms with Gasteiger partial charge in [0.1, 0.15) is 17.3 Å². The fraction of sp³-hybridized carbons (Fsp3) is 0.214. The van der Waals surface area contributed by atoms with E-state index in [4.69, 9.17) is 23.4 Å². The van der Waals surface area contributed by atoms with Gasteiger partial charge in [-0.1, -0.05) is 6.07 Å². The number of esters is 1. The summed E-state index contributed by atoms with van der Waals surface area (Å²) in [6.07, 6.45) is 1.23. The number of hydrogen-bond acceptors (Lipinski definition) is 11. The van der Waals surface area contributed by atoms with Crippen molar-refractivity contribution in [2.45, 2.75) is 13.0 Å². The maximum Gasteiger partial charge on any atom is 0.337 e. The smallest absolute Gasteiger partial charge is 0.337 e. The highest BCUT2D eigenvalue weighted by atomic mass is 16.6. The van der Waals surface area contributed by atoms with E-state index in [0.29, 0.717) is 17.0 Å². The molecular weight excluding hydrogens is 566 g/mol. The third-order valence-corrected chi connectivity index (χ3v) is 6.23. The Kier molecular flexibility index (Phi) is 9.24. The number of urea groups is 1. The molecular formula is C28H27N5O10. The van der Waals surface area contributed by atoms with E-state index in [1.54, 1.807) is 25.1 Å². The average molecular weight is 594 g/mol. The molecule has 3 aromatic rings. The number of methoxy groups -OCH3 is 3. The van der Waals surface area contributed by atoms with Crippen LogP contribution in [-0.2, 0) is 14.3 Å². The normalized spacial score (nSPS) is 14.5. The van der Waals surface area contributed by atoms with E-state index in [1.807, 2.05) is 0 Å². The summed E-state index contributed by atoms with van der Waals surface area (Å²) in [5, 5.41) is 20.5. The average Bonchev–Trinajstić information content (AvgIpc) is 3.47. The van der Waals surface area contributed by atoms with Gasteiger partial charge in [-0.3, -0.25) is 14.9 Å². The molecule has 4 rings (SSSR count). The Morgan fingerprint density at radius 2 is 1.88 bits per heavy atom. The summed E-state index contributed by atoms with van der Waals surface area (Å²) in [6.45, 7) is 1.16. The Bertz CT molecular complexity index is 1630. The van der Waals surface area contributed by atoms with Gasteiger partial charge in [0.05, 0.1) is 55.7 Å². The van der Waals surface area contributed by atoms with Gasteiger partial charge in [-0.2, -0.15) is 5.10 Å². The number of nitro benzene ring substituents is 1. The number of hydrogen-bond donors (Lipinski definition) is 3. The zero-order valence-electron chi connectivity index (χ0n) is 23.5. The quantitative estimate of drug-likeness (QED) is 0.129. The summed E-state index contributed by atoms with van der Waals surface area (Å²) in [4.78, 5) is 47.7. The monoisotopic (exact) mass is 593 g/mol. The summed E-state index contributed by atoms with van der Waals surface area (Å²) in [5.74, 6) is 0.0597. The molecule has 1 aliphatic rings. The van der Waals surface area contributed by atoms with Crippen LogP contribution in [0.2, 0.25) is 0 Å². The fourth-order valence-corrected chi connectivity index (χ4v) is 4.22. The van der Waals surface area contributed by atoms with Gasteiger partial charge in [0, 0.05) is 5.70 Å². The van der Waals surface area contributed by atoms with Crippen molar-refractivity contribution in [3.8, 4) is 28.6 Å². The summed E-state index contributed by atoms with van der Waals surface area (Å²) in [6, 6.07) is 10.9.